The van der Waals surface area contributed by atoms with Crippen molar-refractivity contribution < 1.29 is 23.7 Å². The summed E-state index contributed by atoms with van der Waals surface area (Å²) in [6, 6.07) is 0.542. The molecule has 2 aliphatic rings. The zero-order valence-corrected chi connectivity index (χ0v) is 24.8. The first-order valence-electron chi connectivity index (χ1n) is 14.0. The number of phenols is 1. The molecule has 5 nitrogen and oxygen atoms in total. The standard InChI is InChI=1S/C31H45ClFNO4/c1-8-36-30(37-9-2)26-21(5)27(32)29(38-18-33)24(28(26)35)14-10-19(3)16-17-31(7)20(4)11-15-25(22(31)6)34-23-12-13-23/h10,16-17,20,22-23,30,35H,8-9,11-15,18H2,1-7H3/b17-16+,19-10+,34-25?/t20-,22+,31+/m1/s1. The van der Waals surface area contributed by atoms with Crippen molar-refractivity contribution in [3.05, 3.63) is 45.5 Å². The molecule has 0 aromatic heterocycles. The molecule has 0 heterocycles. The third-order valence-electron chi connectivity index (χ3n) is 8.38. The Bertz CT molecular complexity index is 1060. The first-order valence-corrected chi connectivity index (χ1v) is 14.3. The zero-order chi connectivity index (χ0) is 28.0. The fourth-order valence-corrected chi connectivity index (χ4v) is 5.58. The molecule has 212 valence electrons. The minimum atomic E-state index is -1.05. The van der Waals surface area contributed by atoms with E-state index in [0.29, 0.717) is 54.2 Å². The van der Waals surface area contributed by atoms with Crippen molar-refractivity contribution in [1.29, 1.82) is 0 Å². The van der Waals surface area contributed by atoms with E-state index in [4.69, 9.17) is 30.8 Å². The molecule has 1 N–H and O–H groups in total. The lowest BCUT2D eigenvalue weighted by Gasteiger charge is -2.44. The van der Waals surface area contributed by atoms with Crippen LogP contribution < -0.4 is 4.74 Å². The summed E-state index contributed by atoms with van der Waals surface area (Å²) < 4.78 is 30.1. The van der Waals surface area contributed by atoms with E-state index in [9.17, 15) is 9.50 Å². The third-order valence-corrected chi connectivity index (χ3v) is 8.83. The fraction of sp³-hybridized carbons (Fsp3) is 0.645. The number of ether oxygens (including phenoxy) is 3. The molecule has 38 heavy (non-hydrogen) atoms. The second kappa shape index (κ2) is 13.5. The van der Waals surface area contributed by atoms with Crippen molar-refractivity contribution in [2.24, 2.45) is 22.2 Å². The van der Waals surface area contributed by atoms with Crippen LogP contribution >= 0.6 is 11.6 Å². The number of halogens is 2. The molecule has 0 spiro atoms. The molecule has 2 saturated carbocycles. The van der Waals surface area contributed by atoms with Gasteiger partial charge in [0.25, 0.3) is 0 Å². The fourth-order valence-electron chi connectivity index (χ4n) is 5.31. The SMILES string of the molecule is CCOC(OCC)c1c(C)c(Cl)c(OCF)c(C/C=C(C)/C=C/[C@@]2(C)[C@H](C)CCC(=NC3CC3)[C@@H]2C)c1O. The second-order valence-corrected chi connectivity index (χ2v) is 11.2. The minimum absolute atomic E-state index is 0.00819. The van der Waals surface area contributed by atoms with Crippen molar-refractivity contribution in [3.8, 4) is 11.5 Å². The Labute approximate surface area is 233 Å². The Morgan fingerprint density at radius 1 is 1.21 bits per heavy atom. The summed E-state index contributed by atoms with van der Waals surface area (Å²) in [5, 5.41) is 11.6. The summed E-state index contributed by atoms with van der Waals surface area (Å²) in [5.41, 5.74) is 3.80. The van der Waals surface area contributed by atoms with Gasteiger partial charge in [-0.15, -0.1) is 0 Å². The minimum Gasteiger partial charge on any atom is -0.507 e. The van der Waals surface area contributed by atoms with Crippen LogP contribution in [0, 0.1) is 24.2 Å². The van der Waals surface area contributed by atoms with Crippen molar-refractivity contribution in [2.45, 2.75) is 92.9 Å². The van der Waals surface area contributed by atoms with E-state index >= 15 is 0 Å². The summed E-state index contributed by atoms with van der Waals surface area (Å²) in [6.07, 6.45) is 10.7. The van der Waals surface area contributed by atoms with Gasteiger partial charge in [-0.25, -0.2) is 4.39 Å². The Hall–Kier alpha value is -1.89. The van der Waals surface area contributed by atoms with Crippen LogP contribution in [0.15, 0.2) is 28.8 Å². The average molecular weight is 550 g/mol. The lowest BCUT2D eigenvalue weighted by Crippen LogP contribution is -2.40. The largest absolute Gasteiger partial charge is 0.507 e. The lowest BCUT2D eigenvalue weighted by molar-refractivity contribution is -0.141. The molecule has 3 rings (SSSR count). The van der Waals surface area contributed by atoms with E-state index in [0.717, 1.165) is 18.4 Å². The molecule has 1 aromatic carbocycles. The molecule has 0 bridgehead atoms. The normalized spacial score (nSPS) is 25.6. The number of rotatable bonds is 12. The number of phenolic OH excluding ortho intramolecular Hbond substituents is 1. The topological polar surface area (TPSA) is 60.3 Å². The van der Waals surface area contributed by atoms with E-state index < -0.39 is 13.2 Å². The van der Waals surface area contributed by atoms with Crippen molar-refractivity contribution in [1.82, 2.24) is 0 Å². The molecule has 7 heteroatoms. The summed E-state index contributed by atoms with van der Waals surface area (Å²) in [5.74, 6) is 1.03. The molecule has 3 atom stereocenters. The van der Waals surface area contributed by atoms with Crippen molar-refractivity contribution in [3.63, 3.8) is 0 Å². The smallest absolute Gasteiger partial charge is 0.228 e. The summed E-state index contributed by atoms with van der Waals surface area (Å²) in [4.78, 5) is 5.03. The van der Waals surface area contributed by atoms with E-state index in [1.165, 1.54) is 18.6 Å². The molecular weight excluding hydrogens is 505 g/mol. The Kier molecular flexibility index (Phi) is 10.8. The van der Waals surface area contributed by atoms with E-state index in [1.807, 2.05) is 26.8 Å². The lowest BCUT2D eigenvalue weighted by atomic mass is 9.61. The van der Waals surface area contributed by atoms with Crippen LogP contribution in [-0.2, 0) is 15.9 Å². The molecule has 2 aliphatic carbocycles. The maximum Gasteiger partial charge on any atom is 0.228 e. The number of aliphatic imine (C=N–C) groups is 1. The van der Waals surface area contributed by atoms with Crippen LogP contribution in [0.2, 0.25) is 5.02 Å². The molecule has 0 amide bonds. The zero-order valence-electron chi connectivity index (χ0n) is 24.1. The van der Waals surface area contributed by atoms with Gasteiger partial charge >= 0.3 is 0 Å². The number of alkyl halides is 1. The van der Waals surface area contributed by atoms with Gasteiger partial charge in [0.2, 0.25) is 6.86 Å². The van der Waals surface area contributed by atoms with Crippen LogP contribution in [0.5, 0.6) is 11.5 Å². The number of hydrogen-bond donors (Lipinski definition) is 1. The van der Waals surface area contributed by atoms with E-state index in [2.05, 4.69) is 32.9 Å². The van der Waals surface area contributed by atoms with Gasteiger partial charge < -0.3 is 19.3 Å². The number of hydrogen-bond acceptors (Lipinski definition) is 5. The Morgan fingerprint density at radius 3 is 2.45 bits per heavy atom. The Morgan fingerprint density at radius 2 is 1.87 bits per heavy atom. The second-order valence-electron chi connectivity index (χ2n) is 10.9. The molecule has 0 saturated heterocycles. The summed E-state index contributed by atoms with van der Waals surface area (Å²) in [7, 11) is 0. The van der Waals surface area contributed by atoms with Gasteiger partial charge in [-0.3, -0.25) is 4.99 Å². The van der Waals surface area contributed by atoms with Crippen LogP contribution in [0.25, 0.3) is 0 Å². The van der Waals surface area contributed by atoms with Crippen molar-refractivity contribution >= 4 is 17.3 Å². The maximum absolute atomic E-state index is 13.3. The highest BCUT2D eigenvalue weighted by Gasteiger charge is 2.41. The predicted molar refractivity (Wildman–Crippen MR) is 153 cm³/mol. The van der Waals surface area contributed by atoms with Gasteiger partial charge in [0.15, 0.2) is 6.29 Å². The van der Waals surface area contributed by atoms with Gasteiger partial charge in [-0.1, -0.05) is 56.2 Å². The summed E-state index contributed by atoms with van der Waals surface area (Å²) in [6.45, 7) is 14.2. The van der Waals surface area contributed by atoms with Gasteiger partial charge in [0.05, 0.1) is 16.6 Å². The van der Waals surface area contributed by atoms with Crippen LogP contribution in [0.1, 0.15) is 90.2 Å². The van der Waals surface area contributed by atoms with E-state index in [-0.39, 0.29) is 21.9 Å². The summed E-state index contributed by atoms with van der Waals surface area (Å²) >= 11 is 6.62. The van der Waals surface area contributed by atoms with Crippen LogP contribution in [0.3, 0.4) is 0 Å². The number of allylic oxidation sites excluding steroid dienone is 4. The molecule has 0 aliphatic heterocycles. The predicted octanol–water partition coefficient (Wildman–Crippen LogP) is 8.45. The third kappa shape index (κ3) is 6.81. The maximum atomic E-state index is 13.3. The van der Waals surface area contributed by atoms with Gasteiger partial charge in [0.1, 0.15) is 11.5 Å². The first kappa shape index (κ1) is 30.6. The number of aromatic hydroxyl groups is 1. The molecule has 1 aromatic rings. The number of benzene rings is 1. The highest BCUT2D eigenvalue weighted by Crippen LogP contribution is 2.47. The quantitative estimate of drug-likeness (QED) is 0.210. The number of nitrogens with zero attached hydrogens (tertiary/aromatic N) is 1. The highest BCUT2D eigenvalue weighted by molar-refractivity contribution is 6.33. The molecule has 2 fully saturated rings. The van der Waals surface area contributed by atoms with Gasteiger partial charge in [-0.2, -0.15) is 0 Å². The molecule has 0 unspecified atom stereocenters. The molecular formula is C31H45ClFNO4. The molecule has 0 radical (unpaired) electrons. The average Bonchev–Trinajstić information content (AvgIpc) is 3.71. The van der Waals surface area contributed by atoms with Crippen molar-refractivity contribution in [2.75, 3.05) is 20.1 Å². The van der Waals surface area contributed by atoms with Crippen LogP contribution in [-0.4, -0.2) is 36.9 Å². The van der Waals surface area contributed by atoms with E-state index in [1.54, 1.807) is 6.92 Å². The highest BCUT2D eigenvalue weighted by atomic mass is 35.5. The van der Waals surface area contributed by atoms with Gasteiger partial charge in [0, 0.05) is 30.4 Å². The Balaban J connectivity index is 1.91. The van der Waals surface area contributed by atoms with Crippen LogP contribution in [0.4, 0.5) is 4.39 Å². The monoisotopic (exact) mass is 549 g/mol. The van der Waals surface area contributed by atoms with Gasteiger partial charge in [-0.05, 0) is 76.7 Å². The first-order chi connectivity index (χ1) is 18.1.